The molecule has 4 rings (SSSR count). The standard InChI is InChI=1S/C20H15Cl2N3OS/c21-14-9-13(10-15(22)11-14)17-5-6-18(27-17)20(26)25-16-3-1-12(2-4-16)19-23-7-8-24-19/h1-6,9-11H,7-8H2,(H,23,24)(H,25,26). The van der Waals surface area contributed by atoms with E-state index in [1.165, 1.54) is 11.3 Å². The molecule has 136 valence electrons. The van der Waals surface area contributed by atoms with E-state index in [0.29, 0.717) is 14.9 Å². The minimum absolute atomic E-state index is 0.150. The fraction of sp³-hybridized carbons (Fsp3) is 0.100. The van der Waals surface area contributed by atoms with E-state index in [-0.39, 0.29) is 5.91 Å². The number of aliphatic imine (C=N–C) groups is 1. The second kappa shape index (κ2) is 7.72. The van der Waals surface area contributed by atoms with Gasteiger partial charge in [0.05, 0.1) is 11.4 Å². The molecular formula is C20H15Cl2N3OS. The summed E-state index contributed by atoms with van der Waals surface area (Å²) in [6.45, 7) is 1.67. The monoisotopic (exact) mass is 415 g/mol. The number of amides is 1. The van der Waals surface area contributed by atoms with Crippen molar-refractivity contribution in [2.45, 2.75) is 0 Å². The van der Waals surface area contributed by atoms with Gasteiger partial charge in [-0.1, -0.05) is 23.2 Å². The summed E-state index contributed by atoms with van der Waals surface area (Å²) in [5, 5.41) is 7.29. The van der Waals surface area contributed by atoms with Crippen LogP contribution in [0.15, 0.2) is 59.6 Å². The highest BCUT2D eigenvalue weighted by molar-refractivity contribution is 7.17. The molecule has 2 N–H and O–H groups in total. The average molecular weight is 416 g/mol. The van der Waals surface area contributed by atoms with Crippen molar-refractivity contribution in [1.29, 1.82) is 0 Å². The summed E-state index contributed by atoms with van der Waals surface area (Å²) in [5.41, 5.74) is 2.65. The molecule has 27 heavy (non-hydrogen) atoms. The molecule has 0 radical (unpaired) electrons. The Balaban J connectivity index is 1.48. The predicted molar refractivity (Wildman–Crippen MR) is 114 cm³/mol. The molecule has 1 aliphatic rings. The fourth-order valence-electron chi connectivity index (χ4n) is 2.81. The van der Waals surface area contributed by atoms with Gasteiger partial charge in [-0.2, -0.15) is 0 Å². The number of nitrogens with one attached hydrogen (secondary N) is 2. The number of thiophene rings is 1. The van der Waals surface area contributed by atoms with Crippen LogP contribution < -0.4 is 10.6 Å². The van der Waals surface area contributed by atoms with Crippen LogP contribution in [-0.4, -0.2) is 24.8 Å². The van der Waals surface area contributed by atoms with Gasteiger partial charge in [-0.05, 0) is 60.2 Å². The van der Waals surface area contributed by atoms with E-state index < -0.39 is 0 Å². The Labute approximate surface area is 170 Å². The van der Waals surface area contributed by atoms with Crippen molar-refractivity contribution in [3.8, 4) is 10.4 Å². The molecular weight excluding hydrogens is 401 g/mol. The zero-order valence-corrected chi connectivity index (χ0v) is 16.5. The molecule has 0 atom stereocenters. The first kappa shape index (κ1) is 18.0. The lowest BCUT2D eigenvalue weighted by atomic mass is 10.2. The SMILES string of the molecule is O=C(Nc1ccc(C2=NCCN2)cc1)c1ccc(-c2cc(Cl)cc(Cl)c2)s1. The van der Waals surface area contributed by atoms with Crippen molar-refractivity contribution in [2.24, 2.45) is 4.99 Å². The van der Waals surface area contributed by atoms with Crippen LogP contribution in [0.2, 0.25) is 10.0 Å². The lowest BCUT2D eigenvalue weighted by Crippen LogP contribution is -2.19. The second-order valence-electron chi connectivity index (χ2n) is 6.01. The van der Waals surface area contributed by atoms with Gasteiger partial charge < -0.3 is 10.6 Å². The molecule has 0 fully saturated rings. The zero-order chi connectivity index (χ0) is 18.8. The molecule has 1 amide bonds. The van der Waals surface area contributed by atoms with E-state index in [2.05, 4.69) is 15.6 Å². The van der Waals surface area contributed by atoms with E-state index in [0.717, 1.165) is 40.6 Å². The summed E-state index contributed by atoms with van der Waals surface area (Å²) in [7, 11) is 0. The van der Waals surface area contributed by atoms with E-state index in [1.54, 1.807) is 12.1 Å². The van der Waals surface area contributed by atoms with Crippen molar-refractivity contribution in [1.82, 2.24) is 5.32 Å². The van der Waals surface area contributed by atoms with Crippen molar-refractivity contribution in [3.05, 3.63) is 75.1 Å². The van der Waals surface area contributed by atoms with Gasteiger partial charge in [0.1, 0.15) is 5.84 Å². The van der Waals surface area contributed by atoms with Crippen molar-refractivity contribution in [3.63, 3.8) is 0 Å². The van der Waals surface area contributed by atoms with Crippen molar-refractivity contribution >= 4 is 52.0 Å². The molecule has 2 aromatic carbocycles. The van der Waals surface area contributed by atoms with Crippen LogP contribution in [0.3, 0.4) is 0 Å². The topological polar surface area (TPSA) is 53.5 Å². The van der Waals surface area contributed by atoms with Crippen LogP contribution in [0.25, 0.3) is 10.4 Å². The van der Waals surface area contributed by atoms with E-state index in [4.69, 9.17) is 23.2 Å². The van der Waals surface area contributed by atoms with Crippen LogP contribution in [0.5, 0.6) is 0 Å². The van der Waals surface area contributed by atoms with Crippen molar-refractivity contribution in [2.75, 3.05) is 18.4 Å². The molecule has 4 nitrogen and oxygen atoms in total. The molecule has 0 saturated carbocycles. The third-order valence-corrected chi connectivity index (χ3v) is 5.64. The summed E-state index contributed by atoms with van der Waals surface area (Å²) in [4.78, 5) is 18.5. The Bertz CT molecular complexity index is 1010. The Kier molecular flexibility index (Phi) is 5.16. The number of anilines is 1. The van der Waals surface area contributed by atoms with Crippen LogP contribution >= 0.6 is 34.5 Å². The molecule has 3 aromatic rings. The number of halogens is 2. The van der Waals surface area contributed by atoms with Gasteiger partial charge in [-0.25, -0.2) is 0 Å². The van der Waals surface area contributed by atoms with Gasteiger partial charge in [0, 0.05) is 32.7 Å². The van der Waals surface area contributed by atoms with Gasteiger partial charge in [-0.3, -0.25) is 9.79 Å². The average Bonchev–Trinajstić information content (AvgIpc) is 3.34. The summed E-state index contributed by atoms with van der Waals surface area (Å²) >= 11 is 13.5. The highest BCUT2D eigenvalue weighted by atomic mass is 35.5. The van der Waals surface area contributed by atoms with Gasteiger partial charge in [0.2, 0.25) is 0 Å². The normalized spacial score (nSPS) is 13.2. The second-order valence-corrected chi connectivity index (χ2v) is 7.97. The number of nitrogens with zero attached hydrogens (tertiary/aromatic N) is 1. The first-order chi connectivity index (χ1) is 13.1. The van der Waals surface area contributed by atoms with E-state index >= 15 is 0 Å². The summed E-state index contributed by atoms with van der Waals surface area (Å²) in [6.07, 6.45) is 0. The summed E-state index contributed by atoms with van der Waals surface area (Å²) in [6, 6.07) is 16.7. The number of benzene rings is 2. The summed E-state index contributed by atoms with van der Waals surface area (Å²) in [5.74, 6) is 0.749. The molecule has 0 aliphatic carbocycles. The maximum absolute atomic E-state index is 12.5. The lowest BCUT2D eigenvalue weighted by Gasteiger charge is -2.06. The number of hydrogen-bond donors (Lipinski definition) is 2. The number of carbonyl (C=O) groups is 1. The highest BCUT2D eigenvalue weighted by Crippen LogP contribution is 2.32. The van der Waals surface area contributed by atoms with Crippen LogP contribution in [0.4, 0.5) is 5.69 Å². The number of amidine groups is 1. The van der Waals surface area contributed by atoms with Crippen LogP contribution in [0.1, 0.15) is 15.2 Å². The van der Waals surface area contributed by atoms with E-state index in [1.807, 2.05) is 42.5 Å². The molecule has 1 aromatic heterocycles. The maximum atomic E-state index is 12.5. The van der Waals surface area contributed by atoms with Gasteiger partial charge >= 0.3 is 0 Å². The van der Waals surface area contributed by atoms with Gasteiger partial charge in [-0.15, -0.1) is 11.3 Å². The number of carbonyl (C=O) groups excluding carboxylic acids is 1. The number of rotatable bonds is 4. The Morgan fingerprint density at radius 1 is 1.00 bits per heavy atom. The Morgan fingerprint density at radius 3 is 2.41 bits per heavy atom. The smallest absolute Gasteiger partial charge is 0.265 e. The molecule has 0 spiro atoms. The molecule has 0 unspecified atom stereocenters. The predicted octanol–water partition coefficient (Wildman–Crippen LogP) is 5.32. The minimum atomic E-state index is -0.150. The largest absolute Gasteiger partial charge is 0.368 e. The first-order valence-electron chi connectivity index (χ1n) is 8.35. The highest BCUT2D eigenvalue weighted by Gasteiger charge is 2.12. The fourth-order valence-corrected chi connectivity index (χ4v) is 4.22. The quantitative estimate of drug-likeness (QED) is 0.605. The van der Waals surface area contributed by atoms with Crippen LogP contribution in [-0.2, 0) is 0 Å². The molecule has 0 saturated heterocycles. The number of hydrogen-bond acceptors (Lipinski definition) is 4. The Morgan fingerprint density at radius 2 is 1.74 bits per heavy atom. The van der Waals surface area contributed by atoms with E-state index in [9.17, 15) is 4.79 Å². The van der Waals surface area contributed by atoms with Gasteiger partial charge in [0.25, 0.3) is 5.91 Å². The Hall–Kier alpha value is -2.34. The first-order valence-corrected chi connectivity index (χ1v) is 9.92. The molecule has 7 heteroatoms. The lowest BCUT2D eigenvalue weighted by molar-refractivity contribution is 0.103. The van der Waals surface area contributed by atoms with Gasteiger partial charge in [0.15, 0.2) is 0 Å². The molecule has 2 heterocycles. The van der Waals surface area contributed by atoms with Crippen LogP contribution in [0, 0.1) is 0 Å². The molecule has 0 bridgehead atoms. The third kappa shape index (κ3) is 4.16. The molecule has 1 aliphatic heterocycles. The third-order valence-electron chi connectivity index (χ3n) is 4.07. The maximum Gasteiger partial charge on any atom is 0.265 e. The zero-order valence-electron chi connectivity index (χ0n) is 14.1. The minimum Gasteiger partial charge on any atom is -0.368 e. The van der Waals surface area contributed by atoms with Crippen molar-refractivity contribution < 1.29 is 4.79 Å². The summed E-state index contributed by atoms with van der Waals surface area (Å²) < 4.78 is 0.